The number of rotatable bonds is 0. The molecule has 0 amide bonds. The summed E-state index contributed by atoms with van der Waals surface area (Å²) >= 11 is 0. The Morgan fingerprint density at radius 1 is 1.29 bits per heavy atom. The first-order valence-corrected chi connectivity index (χ1v) is 6.27. The Labute approximate surface area is 100 Å². The van der Waals surface area contributed by atoms with Crippen molar-refractivity contribution in [3.8, 4) is 0 Å². The number of aliphatic hydroxyl groups excluding tert-OH is 1. The summed E-state index contributed by atoms with van der Waals surface area (Å²) in [6.45, 7) is 3.33. The molecule has 0 bridgehead atoms. The Bertz CT molecular complexity index is 474. The molecule has 1 saturated carbocycles. The van der Waals surface area contributed by atoms with Crippen molar-refractivity contribution in [1.29, 1.82) is 0 Å². The van der Waals surface area contributed by atoms with E-state index in [1.165, 1.54) is 11.1 Å². The fourth-order valence-corrected chi connectivity index (χ4v) is 3.71. The van der Waals surface area contributed by atoms with E-state index >= 15 is 0 Å². The first kappa shape index (κ1) is 10.1. The Morgan fingerprint density at radius 2 is 2.00 bits per heavy atom. The van der Waals surface area contributed by atoms with Crippen LogP contribution in [-0.2, 0) is 9.47 Å². The summed E-state index contributed by atoms with van der Waals surface area (Å²) < 4.78 is 11.8. The van der Waals surface area contributed by atoms with Crippen LogP contribution in [0.2, 0.25) is 0 Å². The van der Waals surface area contributed by atoms with E-state index in [9.17, 15) is 5.11 Å². The fourth-order valence-electron chi connectivity index (χ4n) is 3.71. The molecule has 0 unspecified atom stereocenters. The normalized spacial score (nSPS) is 35.6. The SMILES string of the molecule is CC1=C2C=CC=C2[C@H](O)C2(OCCO2)C12CC2. The maximum Gasteiger partial charge on any atom is 0.208 e. The van der Waals surface area contributed by atoms with Crippen molar-refractivity contribution in [3.63, 3.8) is 0 Å². The van der Waals surface area contributed by atoms with Crippen molar-refractivity contribution in [3.05, 3.63) is 34.9 Å². The Kier molecular flexibility index (Phi) is 1.72. The van der Waals surface area contributed by atoms with Gasteiger partial charge in [0.05, 0.1) is 13.2 Å². The lowest BCUT2D eigenvalue weighted by Gasteiger charge is -2.45. The minimum Gasteiger partial charge on any atom is -0.383 e. The van der Waals surface area contributed by atoms with Crippen LogP contribution in [0.5, 0.6) is 0 Å². The smallest absolute Gasteiger partial charge is 0.208 e. The highest BCUT2D eigenvalue weighted by Crippen LogP contribution is 2.67. The molecule has 3 heteroatoms. The molecule has 0 aromatic rings. The number of ether oxygens (including phenoxy) is 2. The number of hydrogen-bond acceptors (Lipinski definition) is 3. The van der Waals surface area contributed by atoms with Crippen LogP contribution in [-0.4, -0.2) is 30.2 Å². The van der Waals surface area contributed by atoms with Crippen LogP contribution in [0, 0.1) is 5.41 Å². The van der Waals surface area contributed by atoms with E-state index in [4.69, 9.17) is 9.47 Å². The largest absolute Gasteiger partial charge is 0.383 e. The second kappa shape index (κ2) is 2.91. The summed E-state index contributed by atoms with van der Waals surface area (Å²) in [6.07, 6.45) is 7.53. The average Bonchev–Trinajstić information content (AvgIpc) is 2.83. The predicted octanol–water partition coefficient (Wildman–Crippen LogP) is 1.70. The maximum absolute atomic E-state index is 10.6. The summed E-state index contributed by atoms with van der Waals surface area (Å²) in [5.41, 5.74) is 3.40. The first-order valence-electron chi connectivity index (χ1n) is 6.27. The van der Waals surface area contributed by atoms with Gasteiger partial charge < -0.3 is 14.6 Å². The second-order valence-corrected chi connectivity index (χ2v) is 5.37. The van der Waals surface area contributed by atoms with Crippen molar-refractivity contribution in [2.45, 2.75) is 31.7 Å². The highest BCUT2D eigenvalue weighted by Gasteiger charge is 2.70. The lowest BCUT2D eigenvalue weighted by Crippen LogP contribution is -2.55. The van der Waals surface area contributed by atoms with Crippen molar-refractivity contribution >= 4 is 0 Å². The molecular weight excluding hydrogens is 216 g/mol. The molecule has 1 aliphatic heterocycles. The third kappa shape index (κ3) is 0.955. The topological polar surface area (TPSA) is 38.7 Å². The van der Waals surface area contributed by atoms with Gasteiger partial charge in [0.1, 0.15) is 6.10 Å². The zero-order chi connectivity index (χ0) is 11.7. The molecule has 1 heterocycles. The summed E-state index contributed by atoms with van der Waals surface area (Å²) in [5, 5.41) is 10.6. The molecule has 3 nitrogen and oxygen atoms in total. The molecule has 0 aromatic carbocycles. The molecule has 2 fully saturated rings. The van der Waals surface area contributed by atoms with E-state index in [0.717, 1.165) is 18.4 Å². The molecular formula is C14H16O3. The molecule has 0 aromatic heterocycles. The van der Waals surface area contributed by atoms with Gasteiger partial charge in [0.15, 0.2) is 0 Å². The van der Waals surface area contributed by atoms with Gasteiger partial charge in [0.2, 0.25) is 5.79 Å². The molecule has 1 atom stereocenters. The van der Waals surface area contributed by atoms with Gasteiger partial charge in [0, 0.05) is 5.41 Å². The molecule has 4 aliphatic rings. The van der Waals surface area contributed by atoms with Crippen LogP contribution in [0.15, 0.2) is 34.9 Å². The molecule has 3 aliphatic carbocycles. The van der Waals surface area contributed by atoms with Crippen LogP contribution in [0.4, 0.5) is 0 Å². The van der Waals surface area contributed by atoms with E-state index in [0.29, 0.717) is 13.2 Å². The van der Waals surface area contributed by atoms with Crippen molar-refractivity contribution in [2.24, 2.45) is 5.41 Å². The standard InChI is InChI=1S/C14H16O3/c1-9-10-3-2-4-11(10)12(15)14(13(9)5-6-13)16-7-8-17-14/h2-4,12,15H,5-8H2,1H3/t12-/m0/s1. The van der Waals surface area contributed by atoms with E-state index in [1.807, 2.05) is 12.2 Å². The Hall–Kier alpha value is -0.900. The predicted molar refractivity (Wildman–Crippen MR) is 62.2 cm³/mol. The second-order valence-electron chi connectivity index (χ2n) is 5.37. The summed E-state index contributed by atoms with van der Waals surface area (Å²) in [5.74, 6) is -0.807. The third-order valence-corrected chi connectivity index (χ3v) is 4.76. The molecule has 17 heavy (non-hydrogen) atoms. The lowest BCUT2D eigenvalue weighted by atomic mass is 9.72. The monoisotopic (exact) mass is 232 g/mol. The average molecular weight is 232 g/mol. The molecule has 0 radical (unpaired) electrons. The lowest BCUT2D eigenvalue weighted by molar-refractivity contribution is -0.246. The fraction of sp³-hybridized carbons (Fsp3) is 0.571. The van der Waals surface area contributed by atoms with Gasteiger partial charge in [-0.05, 0) is 30.9 Å². The summed E-state index contributed by atoms with van der Waals surface area (Å²) in [6, 6.07) is 0. The van der Waals surface area contributed by atoms with Crippen LogP contribution in [0.1, 0.15) is 19.8 Å². The number of fused-ring (bicyclic) bond motifs is 2. The van der Waals surface area contributed by atoms with Crippen molar-refractivity contribution in [2.75, 3.05) is 13.2 Å². The quantitative estimate of drug-likeness (QED) is 0.691. The van der Waals surface area contributed by atoms with Gasteiger partial charge in [-0.2, -0.15) is 0 Å². The zero-order valence-corrected chi connectivity index (χ0v) is 9.90. The van der Waals surface area contributed by atoms with E-state index in [-0.39, 0.29) is 5.41 Å². The molecule has 90 valence electrons. The minimum atomic E-state index is -0.807. The van der Waals surface area contributed by atoms with Gasteiger partial charge in [-0.3, -0.25) is 0 Å². The van der Waals surface area contributed by atoms with Gasteiger partial charge in [0.25, 0.3) is 0 Å². The van der Waals surface area contributed by atoms with Gasteiger partial charge in [-0.15, -0.1) is 0 Å². The van der Waals surface area contributed by atoms with Crippen LogP contribution in [0.3, 0.4) is 0 Å². The summed E-state index contributed by atoms with van der Waals surface area (Å²) in [4.78, 5) is 0. The molecule has 1 saturated heterocycles. The Balaban J connectivity index is 1.95. The van der Waals surface area contributed by atoms with E-state index in [2.05, 4.69) is 13.0 Å². The van der Waals surface area contributed by atoms with Gasteiger partial charge in [-0.1, -0.05) is 23.8 Å². The molecule has 2 spiro atoms. The Morgan fingerprint density at radius 3 is 2.65 bits per heavy atom. The van der Waals surface area contributed by atoms with Gasteiger partial charge >= 0.3 is 0 Å². The number of hydrogen-bond donors (Lipinski definition) is 1. The van der Waals surface area contributed by atoms with Crippen LogP contribution in [0.25, 0.3) is 0 Å². The number of aliphatic hydroxyl groups is 1. The van der Waals surface area contributed by atoms with E-state index < -0.39 is 11.9 Å². The maximum atomic E-state index is 10.6. The van der Waals surface area contributed by atoms with Crippen molar-refractivity contribution in [1.82, 2.24) is 0 Å². The zero-order valence-electron chi connectivity index (χ0n) is 9.90. The third-order valence-electron chi connectivity index (χ3n) is 4.76. The van der Waals surface area contributed by atoms with Gasteiger partial charge in [-0.25, -0.2) is 0 Å². The van der Waals surface area contributed by atoms with Crippen molar-refractivity contribution < 1.29 is 14.6 Å². The van der Waals surface area contributed by atoms with E-state index in [1.54, 1.807) is 0 Å². The number of allylic oxidation sites excluding steroid dienone is 3. The van der Waals surface area contributed by atoms with Crippen LogP contribution < -0.4 is 0 Å². The molecule has 4 rings (SSSR count). The minimum absolute atomic E-state index is 0.0791. The summed E-state index contributed by atoms with van der Waals surface area (Å²) in [7, 11) is 0. The molecule has 1 N–H and O–H groups in total. The highest BCUT2D eigenvalue weighted by atomic mass is 16.7. The highest BCUT2D eigenvalue weighted by molar-refractivity contribution is 5.59. The first-order chi connectivity index (χ1) is 8.21. The van der Waals surface area contributed by atoms with Crippen LogP contribution >= 0.6 is 0 Å².